The van der Waals surface area contributed by atoms with E-state index in [0.29, 0.717) is 17.8 Å². The van der Waals surface area contributed by atoms with Crippen molar-refractivity contribution in [3.63, 3.8) is 0 Å². The molecule has 1 heterocycles. The Kier molecular flexibility index (Phi) is 4.37. The van der Waals surface area contributed by atoms with E-state index in [4.69, 9.17) is 0 Å². The first-order valence-corrected chi connectivity index (χ1v) is 6.62. The van der Waals surface area contributed by atoms with E-state index in [1.165, 1.54) is 12.1 Å². The second-order valence-electron chi connectivity index (χ2n) is 5.29. The first kappa shape index (κ1) is 17.2. The third-order valence-corrected chi connectivity index (χ3v) is 3.16. The Bertz CT molecular complexity index is 654. The smallest absolute Gasteiger partial charge is 0.166 e. The number of alkyl halides is 6. The van der Waals surface area contributed by atoms with E-state index in [1.807, 2.05) is 13.8 Å². The van der Waals surface area contributed by atoms with E-state index < -0.39 is 23.5 Å². The standard InChI is InChI=1S/C15H12F6N2/c1-8(2)12-3-4-13(23-22-12)9-5-10(14(16,17)18)7-11(6-9)15(19,20)21/h3-8H,1-2H3. The van der Waals surface area contributed by atoms with Gasteiger partial charge < -0.3 is 0 Å². The van der Waals surface area contributed by atoms with E-state index in [-0.39, 0.29) is 23.2 Å². The number of hydrogen-bond donors (Lipinski definition) is 0. The Morgan fingerprint density at radius 3 is 1.65 bits per heavy atom. The Morgan fingerprint density at radius 2 is 1.30 bits per heavy atom. The molecule has 0 aliphatic heterocycles. The van der Waals surface area contributed by atoms with Crippen LogP contribution < -0.4 is 0 Å². The van der Waals surface area contributed by atoms with Crippen LogP contribution in [0.2, 0.25) is 0 Å². The summed E-state index contributed by atoms with van der Waals surface area (Å²) in [4.78, 5) is 0. The van der Waals surface area contributed by atoms with E-state index in [0.717, 1.165) is 0 Å². The van der Waals surface area contributed by atoms with E-state index in [1.54, 1.807) is 0 Å². The number of benzene rings is 1. The second kappa shape index (κ2) is 5.82. The van der Waals surface area contributed by atoms with Crippen LogP contribution in [0.1, 0.15) is 36.6 Å². The highest BCUT2D eigenvalue weighted by atomic mass is 19.4. The molecule has 8 heteroatoms. The molecule has 2 aromatic rings. The minimum Gasteiger partial charge on any atom is -0.166 e. The first-order chi connectivity index (χ1) is 10.5. The van der Waals surface area contributed by atoms with Crippen LogP contribution in [0.25, 0.3) is 11.3 Å². The monoisotopic (exact) mass is 334 g/mol. The Balaban J connectivity index is 2.57. The number of hydrogen-bond acceptors (Lipinski definition) is 2. The molecule has 0 aliphatic rings. The highest BCUT2D eigenvalue weighted by Crippen LogP contribution is 2.38. The lowest BCUT2D eigenvalue weighted by Crippen LogP contribution is -2.11. The number of aromatic nitrogens is 2. The van der Waals surface area contributed by atoms with Crippen molar-refractivity contribution in [2.75, 3.05) is 0 Å². The molecule has 0 aliphatic carbocycles. The van der Waals surface area contributed by atoms with Gasteiger partial charge in [-0.05, 0) is 36.2 Å². The van der Waals surface area contributed by atoms with Crippen molar-refractivity contribution >= 4 is 0 Å². The summed E-state index contributed by atoms with van der Waals surface area (Å²) in [5, 5.41) is 7.56. The Labute approximate surface area is 128 Å². The van der Waals surface area contributed by atoms with Crippen LogP contribution >= 0.6 is 0 Å². The number of nitrogens with zero attached hydrogens (tertiary/aromatic N) is 2. The lowest BCUT2D eigenvalue weighted by molar-refractivity contribution is -0.143. The predicted molar refractivity (Wildman–Crippen MR) is 71.6 cm³/mol. The van der Waals surface area contributed by atoms with Crippen LogP contribution in [-0.2, 0) is 12.4 Å². The summed E-state index contributed by atoms with van der Waals surface area (Å²) >= 11 is 0. The van der Waals surface area contributed by atoms with Gasteiger partial charge >= 0.3 is 12.4 Å². The van der Waals surface area contributed by atoms with E-state index in [2.05, 4.69) is 10.2 Å². The maximum atomic E-state index is 12.8. The predicted octanol–water partition coefficient (Wildman–Crippen LogP) is 5.30. The van der Waals surface area contributed by atoms with Gasteiger partial charge in [0.25, 0.3) is 0 Å². The fourth-order valence-corrected chi connectivity index (χ4v) is 1.91. The molecule has 0 unspecified atom stereocenters. The summed E-state index contributed by atoms with van der Waals surface area (Å²) in [5.41, 5.74) is -2.49. The van der Waals surface area contributed by atoms with Crippen LogP contribution in [0.3, 0.4) is 0 Å². The van der Waals surface area contributed by atoms with Crippen molar-refractivity contribution < 1.29 is 26.3 Å². The third-order valence-electron chi connectivity index (χ3n) is 3.16. The molecule has 0 N–H and O–H groups in total. The normalized spacial score (nSPS) is 12.7. The summed E-state index contributed by atoms with van der Waals surface area (Å²) in [6, 6.07) is 4.24. The van der Waals surface area contributed by atoms with Crippen molar-refractivity contribution in [1.82, 2.24) is 10.2 Å². The molecule has 0 saturated heterocycles. The maximum Gasteiger partial charge on any atom is 0.416 e. The van der Waals surface area contributed by atoms with Gasteiger partial charge in [0.2, 0.25) is 0 Å². The van der Waals surface area contributed by atoms with Crippen molar-refractivity contribution in [3.8, 4) is 11.3 Å². The molecule has 0 fully saturated rings. The molecule has 0 spiro atoms. The zero-order valence-electron chi connectivity index (χ0n) is 12.1. The van der Waals surface area contributed by atoms with Gasteiger partial charge in [-0.1, -0.05) is 13.8 Å². The molecule has 0 saturated carbocycles. The van der Waals surface area contributed by atoms with Gasteiger partial charge in [0, 0.05) is 5.56 Å². The van der Waals surface area contributed by atoms with Crippen LogP contribution in [-0.4, -0.2) is 10.2 Å². The average Bonchev–Trinajstić information content (AvgIpc) is 2.45. The molecule has 2 nitrogen and oxygen atoms in total. The van der Waals surface area contributed by atoms with Gasteiger partial charge in [-0.2, -0.15) is 36.5 Å². The quantitative estimate of drug-likeness (QED) is 0.696. The topological polar surface area (TPSA) is 25.8 Å². The van der Waals surface area contributed by atoms with Gasteiger partial charge in [-0.25, -0.2) is 0 Å². The molecule has 0 bridgehead atoms. The molecule has 1 aromatic heterocycles. The third kappa shape index (κ3) is 4.00. The van der Waals surface area contributed by atoms with E-state index >= 15 is 0 Å². The molecule has 124 valence electrons. The molecular formula is C15H12F6N2. The lowest BCUT2D eigenvalue weighted by Gasteiger charge is -2.14. The number of rotatable bonds is 2. The van der Waals surface area contributed by atoms with Gasteiger partial charge in [0.15, 0.2) is 0 Å². The first-order valence-electron chi connectivity index (χ1n) is 6.62. The molecule has 1 aromatic carbocycles. The minimum absolute atomic E-state index is 0.0452. The SMILES string of the molecule is CC(C)c1ccc(-c2cc(C(F)(F)F)cc(C(F)(F)F)c2)nn1. The summed E-state index contributed by atoms with van der Waals surface area (Å²) in [5.74, 6) is 0.0452. The van der Waals surface area contributed by atoms with Crippen molar-refractivity contribution in [1.29, 1.82) is 0 Å². The molecule has 0 amide bonds. The minimum atomic E-state index is -4.89. The van der Waals surface area contributed by atoms with Crippen molar-refractivity contribution in [3.05, 3.63) is 47.2 Å². The highest BCUT2D eigenvalue weighted by molar-refractivity contribution is 5.61. The fourth-order valence-electron chi connectivity index (χ4n) is 1.91. The largest absolute Gasteiger partial charge is 0.416 e. The van der Waals surface area contributed by atoms with E-state index in [9.17, 15) is 26.3 Å². The zero-order chi connectivity index (χ0) is 17.4. The molecule has 23 heavy (non-hydrogen) atoms. The summed E-state index contributed by atoms with van der Waals surface area (Å²) in [6.45, 7) is 3.69. The molecular weight excluding hydrogens is 322 g/mol. The van der Waals surface area contributed by atoms with Gasteiger partial charge in [0.05, 0.1) is 22.5 Å². The highest BCUT2D eigenvalue weighted by Gasteiger charge is 2.37. The second-order valence-corrected chi connectivity index (χ2v) is 5.29. The Morgan fingerprint density at radius 1 is 0.783 bits per heavy atom. The molecule has 0 radical (unpaired) electrons. The zero-order valence-corrected chi connectivity index (χ0v) is 12.1. The Hall–Kier alpha value is -2.12. The lowest BCUT2D eigenvalue weighted by atomic mass is 10.0. The summed E-state index contributed by atoms with van der Waals surface area (Å²) < 4.78 is 76.9. The van der Waals surface area contributed by atoms with Crippen LogP contribution in [0.5, 0.6) is 0 Å². The summed E-state index contributed by atoms with van der Waals surface area (Å²) in [6.07, 6.45) is -9.78. The van der Waals surface area contributed by atoms with Gasteiger partial charge in [0.1, 0.15) is 0 Å². The molecule has 2 rings (SSSR count). The average molecular weight is 334 g/mol. The number of halogens is 6. The van der Waals surface area contributed by atoms with Crippen molar-refractivity contribution in [2.45, 2.75) is 32.1 Å². The summed E-state index contributed by atoms with van der Waals surface area (Å²) in [7, 11) is 0. The van der Waals surface area contributed by atoms with Gasteiger partial charge in [-0.3, -0.25) is 0 Å². The van der Waals surface area contributed by atoms with Crippen LogP contribution in [0, 0.1) is 0 Å². The fraction of sp³-hybridized carbons (Fsp3) is 0.333. The maximum absolute atomic E-state index is 12.8. The van der Waals surface area contributed by atoms with Crippen LogP contribution in [0.15, 0.2) is 30.3 Å². The van der Waals surface area contributed by atoms with Crippen molar-refractivity contribution in [2.24, 2.45) is 0 Å². The molecule has 0 atom stereocenters. The van der Waals surface area contributed by atoms with Gasteiger partial charge in [-0.15, -0.1) is 0 Å². The van der Waals surface area contributed by atoms with Crippen LogP contribution in [0.4, 0.5) is 26.3 Å².